The lowest BCUT2D eigenvalue weighted by Crippen LogP contribution is -2.45. The number of amides is 2. The third-order valence-corrected chi connectivity index (χ3v) is 1.80. The number of rotatable bonds is 4. The third kappa shape index (κ3) is 8.87. The highest BCUT2D eigenvalue weighted by Crippen LogP contribution is 2.06. The number of hydrazone groups is 1. The quantitative estimate of drug-likeness (QED) is 0.460. The molecule has 19 heavy (non-hydrogen) atoms. The van der Waals surface area contributed by atoms with Gasteiger partial charge in [-0.2, -0.15) is 0 Å². The summed E-state index contributed by atoms with van der Waals surface area (Å²) in [6.45, 7) is 10.7. The lowest BCUT2D eigenvalue weighted by molar-refractivity contribution is -0.122. The Kier molecular flexibility index (Phi) is 6.89. The van der Waals surface area contributed by atoms with Gasteiger partial charge in [-0.25, -0.2) is 10.2 Å². The molecule has 0 saturated carbocycles. The molecule has 0 saturated heterocycles. The van der Waals surface area contributed by atoms with E-state index < -0.39 is 23.6 Å². The summed E-state index contributed by atoms with van der Waals surface area (Å²) < 4.78 is 10.1. The van der Waals surface area contributed by atoms with Crippen LogP contribution in [-0.2, 0) is 14.3 Å². The van der Waals surface area contributed by atoms with Crippen molar-refractivity contribution in [3.05, 3.63) is 0 Å². The van der Waals surface area contributed by atoms with Gasteiger partial charge in [-0.3, -0.25) is 4.79 Å². The van der Waals surface area contributed by atoms with Gasteiger partial charge in [0.1, 0.15) is 11.6 Å². The summed E-state index contributed by atoms with van der Waals surface area (Å²) >= 11 is 0. The Morgan fingerprint density at radius 1 is 1.32 bits per heavy atom. The number of nitrogens with one attached hydrogen (secondary N) is 2. The van der Waals surface area contributed by atoms with Crippen molar-refractivity contribution < 1.29 is 19.1 Å². The van der Waals surface area contributed by atoms with Gasteiger partial charge in [-0.05, 0) is 34.6 Å². The second-order valence-electron chi connectivity index (χ2n) is 4.91. The van der Waals surface area contributed by atoms with Crippen molar-refractivity contribution in [2.75, 3.05) is 6.61 Å². The number of carbonyl (C=O) groups excluding carboxylic acids is 2. The first kappa shape index (κ1) is 17.2. The molecule has 0 bridgehead atoms. The number of nitrogens with zero attached hydrogens (tertiary/aromatic N) is 1. The molecule has 0 aliphatic carbocycles. The van der Waals surface area contributed by atoms with E-state index in [1.807, 2.05) is 6.92 Å². The smallest absolute Gasteiger partial charge is 0.408 e. The molecule has 0 heterocycles. The molecule has 7 heteroatoms. The molecular formula is C12H23N3O4. The lowest BCUT2D eigenvalue weighted by Gasteiger charge is -2.21. The number of alkyl carbamates (subject to hydrolysis) is 1. The van der Waals surface area contributed by atoms with Crippen molar-refractivity contribution in [2.24, 2.45) is 5.10 Å². The van der Waals surface area contributed by atoms with Crippen LogP contribution < -0.4 is 10.7 Å². The normalized spacial score (nSPS) is 13.5. The fourth-order valence-electron chi connectivity index (χ4n) is 1.02. The maximum Gasteiger partial charge on any atom is 0.408 e. The van der Waals surface area contributed by atoms with Crippen LogP contribution in [0, 0.1) is 0 Å². The fraction of sp³-hybridized carbons (Fsp3) is 0.750. The molecule has 2 amide bonds. The molecule has 0 fully saturated rings. The van der Waals surface area contributed by atoms with Gasteiger partial charge >= 0.3 is 6.09 Å². The summed E-state index contributed by atoms with van der Waals surface area (Å²) in [4.78, 5) is 23.0. The molecule has 0 rings (SSSR count). The van der Waals surface area contributed by atoms with Crippen LogP contribution in [0.1, 0.15) is 41.5 Å². The zero-order chi connectivity index (χ0) is 15.1. The van der Waals surface area contributed by atoms with E-state index in [9.17, 15) is 9.59 Å². The Morgan fingerprint density at radius 3 is 2.37 bits per heavy atom. The standard InChI is InChI=1S/C12H23N3O4/c1-7-18-9(3)14-15-10(16)8(2)13-11(17)19-12(4,5)6/h8H,7H2,1-6H3,(H,13,17)(H,15,16)/b14-9+/t8-/m1/s1. The molecule has 0 aromatic rings. The molecule has 0 aromatic carbocycles. The average molecular weight is 273 g/mol. The van der Waals surface area contributed by atoms with Crippen LogP contribution in [0.5, 0.6) is 0 Å². The van der Waals surface area contributed by atoms with Crippen LogP contribution in [0.3, 0.4) is 0 Å². The van der Waals surface area contributed by atoms with Gasteiger partial charge in [0, 0.05) is 6.92 Å². The molecule has 7 nitrogen and oxygen atoms in total. The Bertz CT molecular complexity index is 347. The van der Waals surface area contributed by atoms with E-state index in [-0.39, 0.29) is 0 Å². The van der Waals surface area contributed by atoms with Gasteiger partial charge in [-0.1, -0.05) is 0 Å². The predicted molar refractivity (Wildman–Crippen MR) is 71.7 cm³/mol. The van der Waals surface area contributed by atoms with Crippen LogP contribution >= 0.6 is 0 Å². The highest BCUT2D eigenvalue weighted by atomic mass is 16.6. The van der Waals surface area contributed by atoms with Crippen LogP contribution in [-0.4, -0.2) is 36.1 Å². The average Bonchev–Trinajstić information content (AvgIpc) is 2.23. The third-order valence-electron chi connectivity index (χ3n) is 1.80. The van der Waals surface area contributed by atoms with Crippen molar-refractivity contribution in [1.82, 2.24) is 10.7 Å². The largest absolute Gasteiger partial charge is 0.480 e. The second kappa shape index (κ2) is 7.60. The highest BCUT2D eigenvalue weighted by Gasteiger charge is 2.20. The Balaban J connectivity index is 4.21. The van der Waals surface area contributed by atoms with E-state index in [2.05, 4.69) is 15.8 Å². The lowest BCUT2D eigenvalue weighted by atomic mass is 10.2. The number of carbonyl (C=O) groups is 2. The van der Waals surface area contributed by atoms with E-state index in [1.54, 1.807) is 27.7 Å². The molecule has 0 unspecified atom stereocenters. The summed E-state index contributed by atoms with van der Waals surface area (Å²) in [6.07, 6.45) is -0.652. The molecule has 1 atom stereocenters. The maximum absolute atomic E-state index is 11.6. The van der Waals surface area contributed by atoms with Gasteiger partial charge < -0.3 is 14.8 Å². The molecule has 0 aliphatic rings. The molecule has 0 radical (unpaired) electrons. The summed E-state index contributed by atoms with van der Waals surface area (Å²) in [6, 6.07) is -0.756. The summed E-state index contributed by atoms with van der Waals surface area (Å²) in [5.41, 5.74) is 1.68. The Morgan fingerprint density at radius 2 is 1.89 bits per heavy atom. The minimum Gasteiger partial charge on any atom is -0.480 e. The summed E-state index contributed by atoms with van der Waals surface area (Å²) in [5.74, 6) is -0.106. The SMILES string of the molecule is CCO/C(C)=N/NC(=O)[C@@H](C)NC(=O)OC(C)(C)C. The molecule has 2 N–H and O–H groups in total. The zero-order valence-corrected chi connectivity index (χ0v) is 12.4. The maximum atomic E-state index is 11.6. The van der Waals surface area contributed by atoms with Gasteiger partial charge in [-0.15, -0.1) is 5.10 Å². The van der Waals surface area contributed by atoms with E-state index in [4.69, 9.17) is 9.47 Å². The molecule has 0 aromatic heterocycles. The van der Waals surface area contributed by atoms with Crippen LogP contribution in [0.15, 0.2) is 5.10 Å². The number of hydrogen-bond donors (Lipinski definition) is 2. The molecule has 110 valence electrons. The minimum absolute atomic E-state index is 0.348. The van der Waals surface area contributed by atoms with Crippen LogP contribution in [0.25, 0.3) is 0 Å². The van der Waals surface area contributed by atoms with Gasteiger partial charge in [0.25, 0.3) is 5.91 Å². The van der Waals surface area contributed by atoms with E-state index in [0.717, 1.165) is 0 Å². The summed E-state index contributed by atoms with van der Waals surface area (Å²) in [7, 11) is 0. The van der Waals surface area contributed by atoms with Crippen molar-refractivity contribution >= 4 is 17.9 Å². The van der Waals surface area contributed by atoms with Gasteiger partial charge in [0.2, 0.25) is 5.90 Å². The minimum atomic E-state index is -0.756. The van der Waals surface area contributed by atoms with E-state index >= 15 is 0 Å². The Hall–Kier alpha value is -1.79. The van der Waals surface area contributed by atoms with E-state index in [1.165, 1.54) is 6.92 Å². The van der Waals surface area contributed by atoms with Crippen molar-refractivity contribution in [2.45, 2.75) is 53.2 Å². The van der Waals surface area contributed by atoms with Gasteiger partial charge in [0.15, 0.2) is 0 Å². The first-order valence-corrected chi connectivity index (χ1v) is 6.12. The summed E-state index contributed by atoms with van der Waals surface area (Å²) in [5, 5.41) is 6.13. The number of hydrogen-bond acceptors (Lipinski definition) is 5. The first-order chi connectivity index (χ1) is 8.65. The predicted octanol–water partition coefficient (Wildman–Crippen LogP) is 1.39. The zero-order valence-electron chi connectivity index (χ0n) is 12.4. The van der Waals surface area contributed by atoms with Crippen molar-refractivity contribution in [3.8, 4) is 0 Å². The van der Waals surface area contributed by atoms with Crippen molar-refractivity contribution in [1.29, 1.82) is 0 Å². The van der Waals surface area contributed by atoms with Crippen LogP contribution in [0.4, 0.5) is 4.79 Å². The Labute approximate surface area is 113 Å². The fourth-order valence-corrected chi connectivity index (χ4v) is 1.02. The van der Waals surface area contributed by atoms with Crippen molar-refractivity contribution in [3.63, 3.8) is 0 Å². The highest BCUT2D eigenvalue weighted by molar-refractivity contribution is 5.86. The molecular weight excluding hydrogens is 250 g/mol. The molecule has 0 aliphatic heterocycles. The first-order valence-electron chi connectivity index (χ1n) is 6.12. The monoisotopic (exact) mass is 273 g/mol. The second-order valence-corrected chi connectivity index (χ2v) is 4.91. The number of ether oxygens (including phenoxy) is 2. The van der Waals surface area contributed by atoms with E-state index in [0.29, 0.717) is 12.5 Å². The topological polar surface area (TPSA) is 89.0 Å². The van der Waals surface area contributed by atoms with Crippen LogP contribution in [0.2, 0.25) is 0 Å². The van der Waals surface area contributed by atoms with Gasteiger partial charge in [0.05, 0.1) is 6.61 Å². The molecule has 0 spiro atoms.